The highest BCUT2D eigenvalue weighted by molar-refractivity contribution is 5.68. The van der Waals surface area contributed by atoms with Gasteiger partial charge in [-0.2, -0.15) is 4.98 Å². The highest BCUT2D eigenvalue weighted by Crippen LogP contribution is 2.34. The number of amides is 1. The second kappa shape index (κ2) is 8.08. The van der Waals surface area contributed by atoms with E-state index in [2.05, 4.69) is 14.9 Å². The Morgan fingerprint density at radius 2 is 1.77 bits per heavy atom. The Morgan fingerprint density at radius 3 is 2.40 bits per heavy atom. The van der Waals surface area contributed by atoms with Gasteiger partial charge in [0.25, 0.3) is 0 Å². The van der Waals surface area contributed by atoms with E-state index in [0.29, 0.717) is 37.4 Å². The van der Waals surface area contributed by atoms with Gasteiger partial charge in [-0.3, -0.25) is 4.98 Å². The molecule has 2 atom stereocenters. The molecule has 30 heavy (non-hydrogen) atoms. The first-order chi connectivity index (χ1) is 14.3. The van der Waals surface area contributed by atoms with E-state index in [-0.39, 0.29) is 11.9 Å². The van der Waals surface area contributed by atoms with Crippen LogP contribution in [0, 0.1) is 17.7 Å². The summed E-state index contributed by atoms with van der Waals surface area (Å²) in [6, 6.07) is 6.18. The minimum absolute atomic E-state index is 0.237. The third kappa shape index (κ3) is 4.80. The number of hydrogen-bond acceptors (Lipinski definition) is 6. The number of rotatable bonds is 4. The van der Waals surface area contributed by atoms with Crippen molar-refractivity contribution in [2.45, 2.75) is 33.0 Å². The number of aromatic nitrogens is 2. The molecule has 1 aromatic carbocycles. The van der Waals surface area contributed by atoms with Gasteiger partial charge in [0, 0.05) is 38.0 Å². The second-order valence-corrected chi connectivity index (χ2v) is 8.94. The van der Waals surface area contributed by atoms with Crippen LogP contribution in [0.25, 0.3) is 0 Å². The highest BCUT2D eigenvalue weighted by Gasteiger charge is 2.43. The van der Waals surface area contributed by atoms with Gasteiger partial charge < -0.3 is 19.3 Å². The van der Waals surface area contributed by atoms with E-state index in [1.54, 1.807) is 24.5 Å². The first-order valence-electron chi connectivity index (χ1n) is 10.2. The maximum atomic E-state index is 13.0. The lowest BCUT2D eigenvalue weighted by atomic mass is 10.0. The molecule has 4 rings (SSSR count). The summed E-state index contributed by atoms with van der Waals surface area (Å²) in [4.78, 5) is 25.2. The van der Waals surface area contributed by atoms with Crippen LogP contribution in [0.3, 0.4) is 0 Å². The summed E-state index contributed by atoms with van der Waals surface area (Å²) in [5.41, 5.74) is 0.381. The van der Waals surface area contributed by atoms with Crippen LogP contribution in [0.2, 0.25) is 0 Å². The van der Waals surface area contributed by atoms with Crippen molar-refractivity contribution < 1.29 is 18.7 Å². The van der Waals surface area contributed by atoms with Gasteiger partial charge in [0.15, 0.2) is 5.82 Å². The van der Waals surface area contributed by atoms with Crippen LogP contribution in [-0.2, 0) is 11.3 Å². The molecule has 7 nitrogen and oxygen atoms in total. The summed E-state index contributed by atoms with van der Waals surface area (Å²) in [6.07, 6.45) is 3.07. The number of ether oxygens (including phenoxy) is 2. The van der Waals surface area contributed by atoms with Crippen molar-refractivity contribution in [1.82, 2.24) is 14.9 Å². The Bertz CT molecular complexity index is 886. The van der Waals surface area contributed by atoms with Gasteiger partial charge in [-0.25, -0.2) is 9.18 Å². The third-order valence-corrected chi connectivity index (χ3v) is 5.36. The van der Waals surface area contributed by atoms with Crippen molar-refractivity contribution >= 4 is 11.9 Å². The maximum absolute atomic E-state index is 13.0. The predicted molar refractivity (Wildman–Crippen MR) is 110 cm³/mol. The van der Waals surface area contributed by atoms with E-state index in [4.69, 9.17) is 9.47 Å². The number of nitrogens with zero attached hydrogens (tertiary/aromatic N) is 4. The second-order valence-electron chi connectivity index (χ2n) is 8.94. The topological polar surface area (TPSA) is 67.8 Å². The van der Waals surface area contributed by atoms with Crippen molar-refractivity contribution in [3.63, 3.8) is 0 Å². The molecule has 2 aliphatic heterocycles. The van der Waals surface area contributed by atoms with Crippen molar-refractivity contribution in [1.29, 1.82) is 0 Å². The molecular weight excluding hydrogens is 387 g/mol. The monoisotopic (exact) mass is 414 g/mol. The molecule has 0 bridgehead atoms. The predicted octanol–water partition coefficient (Wildman–Crippen LogP) is 3.50. The van der Waals surface area contributed by atoms with Gasteiger partial charge in [-0.1, -0.05) is 12.1 Å². The first kappa shape index (κ1) is 20.4. The average Bonchev–Trinajstić information content (AvgIpc) is 3.26. The highest BCUT2D eigenvalue weighted by atomic mass is 19.1. The lowest BCUT2D eigenvalue weighted by Crippen LogP contribution is -2.37. The van der Waals surface area contributed by atoms with Crippen LogP contribution < -0.4 is 9.64 Å². The Labute approximate surface area is 175 Å². The van der Waals surface area contributed by atoms with Crippen molar-refractivity contribution in [2.24, 2.45) is 11.8 Å². The summed E-state index contributed by atoms with van der Waals surface area (Å²) in [5, 5.41) is 0. The van der Waals surface area contributed by atoms with Gasteiger partial charge in [0.1, 0.15) is 18.0 Å². The molecule has 0 spiro atoms. The van der Waals surface area contributed by atoms with Crippen molar-refractivity contribution in [3.05, 3.63) is 48.0 Å². The molecule has 1 aromatic heterocycles. The lowest BCUT2D eigenvalue weighted by molar-refractivity contribution is 0.0282. The first-order valence-corrected chi connectivity index (χ1v) is 10.2. The zero-order valence-corrected chi connectivity index (χ0v) is 17.5. The summed E-state index contributed by atoms with van der Waals surface area (Å²) >= 11 is 0. The summed E-state index contributed by atoms with van der Waals surface area (Å²) in [6.45, 7) is 8.98. The molecule has 8 heteroatoms. The lowest BCUT2D eigenvalue weighted by Gasteiger charge is -2.26. The van der Waals surface area contributed by atoms with E-state index in [1.807, 2.05) is 25.7 Å². The van der Waals surface area contributed by atoms with Gasteiger partial charge in [-0.15, -0.1) is 0 Å². The van der Waals surface area contributed by atoms with Crippen molar-refractivity contribution in [3.8, 4) is 5.88 Å². The Balaban J connectivity index is 1.33. The number of benzene rings is 1. The van der Waals surface area contributed by atoms with Crippen LogP contribution in [0.4, 0.5) is 15.0 Å². The third-order valence-electron chi connectivity index (χ3n) is 5.36. The number of fused-ring (bicyclic) bond motifs is 1. The summed E-state index contributed by atoms with van der Waals surface area (Å²) < 4.78 is 24.2. The van der Waals surface area contributed by atoms with Crippen LogP contribution in [0.1, 0.15) is 26.3 Å². The largest absolute Gasteiger partial charge is 0.472 e. The standard InChI is InChI=1S/C22H27FN4O3/c1-22(2,3)30-21(28)27-12-16-10-26(11-17(16)13-27)19-8-24-9-20(25-19)29-14-15-4-6-18(23)7-5-15/h4-9,16-17H,10-14H2,1-3H3/t16-,17+. The van der Waals surface area contributed by atoms with Crippen LogP contribution in [0.15, 0.2) is 36.7 Å². The molecule has 0 unspecified atom stereocenters. The number of likely N-dealkylation sites (tertiary alicyclic amines) is 1. The van der Waals surface area contributed by atoms with E-state index in [1.165, 1.54) is 12.1 Å². The molecular formula is C22H27FN4O3. The minimum Gasteiger partial charge on any atom is -0.472 e. The molecule has 1 amide bonds. The van der Waals surface area contributed by atoms with E-state index < -0.39 is 5.60 Å². The van der Waals surface area contributed by atoms with Gasteiger partial charge >= 0.3 is 6.09 Å². The molecule has 3 heterocycles. The minimum atomic E-state index is -0.481. The summed E-state index contributed by atoms with van der Waals surface area (Å²) in [7, 11) is 0. The maximum Gasteiger partial charge on any atom is 0.410 e. The van der Waals surface area contributed by atoms with Crippen LogP contribution in [0.5, 0.6) is 5.88 Å². The molecule has 0 aliphatic carbocycles. The fraction of sp³-hybridized carbons (Fsp3) is 0.500. The zero-order chi connectivity index (χ0) is 21.3. The number of halogens is 1. The quantitative estimate of drug-likeness (QED) is 0.763. The fourth-order valence-electron chi connectivity index (χ4n) is 3.95. The van der Waals surface area contributed by atoms with Crippen LogP contribution in [-0.4, -0.2) is 52.7 Å². The number of hydrogen-bond donors (Lipinski definition) is 0. The Morgan fingerprint density at radius 1 is 1.10 bits per heavy atom. The molecule has 2 fully saturated rings. The summed E-state index contributed by atoms with van der Waals surface area (Å²) in [5.74, 6) is 1.71. The number of carbonyl (C=O) groups is 1. The SMILES string of the molecule is CC(C)(C)OC(=O)N1C[C@@H]2CN(c3cncc(OCc4ccc(F)cc4)n3)C[C@@H]2C1. The molecule has 160 valence electrons. The Kier molecular flexibility index (Phi) is 5.49. The average molecular weight is 414 g/mol. The zero-order valence-electron chi connectivity index (χ0n) is 17.5. The molecule has 2 aromatic rings. The molecule has 2 saturated heterocycles. The van der Waals surface area contributed by atoms with Gasteiger partial charge in [-0.05, 0) is 38.5 Å². The smallest absolute Gasteiger partial charge is 0.410 e. The van der Waals surface area contributed by atoms with Crippen LogP contribution >= 0.6 is 0 Å². The number of anilines is 1. The molecule has 0 N–H and O–H groups in total. The Hall–Kier alpha value is -2.90. The van der Waals surface area contributed by atoms with E-state index >= 15 is 0 Å². The molecule has 0 radical (unpaired) electrons. The number of carbonyl (C=O) groups excluding carboxylic acids is 1. The normalized spacial score (nSPS) is 20.9. The van der Waals surface area contributed by atoms with Crippen molar-refractivity contribution in [2.75, 3.05) is 31.1 Å². The molecule has 0 saturated carbocycles. The molecule has 2 aliphatic rings. The van der Waals surface area contributed by atoms with Gasteiger partial charge in [0.05, 0.1) is 12.4 Å². The van der Waals surface area contributed by atoms with E-state index in [9.17, 15) is 9.18 Å². The van der Waals surface area contributed by atoms with Gasteiger partial charge in [0.2, 0.25) is 5.88 Å². The fourth-order valence-corrected chi connectivity index (χ4v) is 3.95. The van der Waals surface area contributed by atoms with E-state index in [0.717, 1.165) is 24.5 Å².